The van der Waals surface area contributed by atoms with E-state index < -0.39 is 0 Å². The van der Waals surface area contributed by atoms with Crippen molar-refractivity contribution in [2.24, 2.45) is 11.3 Å². The summed E-state index contributed by atoms with van der Waals surface area (Å²) in [6, 6.07) is 0. The van der Waals surface area contributed by atoms with Crippen molar-refractivity contribution in [2.45, 2.75) is 59.0 Å². The van der Waals surface area contributed by atoms with E-state index in [1.54, 1.807) is 0 Å². The monoisotopic (exact) mass is 170 g/mol. The van der Waals surface area contributed by atoms with Crippen LogP contribution in [0.5, 0.6) is 0 Å². The molecule has 0 saturated heterocycles. The molecule has 0 spiro atoms. The maximum atomic E-state index is 9.14. The summed E-state index contributed by atoms with van der Waals surface area (Å²) in [5, 5.41) is 9.14. The van der Waals surface area contributed by atoms with E-state index in [1.165, 1.54) is 25.7 Å². The topological polar surface area (TPSA) is 20.2 Å². The smallest absolute Gasteiger partial charge is 0.0512 e. The number of rotatable bonds is 3. The first-order valence-corrected chi connectivity index (χ1v) is 5.18. The Morgan fingerprint density at radius 3 is 2.58 bits per heavy atom. The van der Waals surface area contributed by atoms with Gasteiger partial charge in [-0.05, 0) is 50.4 Å². The minimum Gasteiger partial charge on any atom is -0.393 e. The minimum atomic E-state index is -0.103. The van der Waals surface area contributed by atoms with Crippen LogP contribution in [0, 0.1) is 11.3 Å². The average molecular weight is 170 g/mol. The van der Waals surface area contributed by atoms with Crippen molar-refractivity contribution in [1.82, 2.24) is 0 Å². The lowest BCUT2D eigenvalue weighted by Gasteiger charge is -2.17. The predicted molar refractivity (Wildman–Crippen MR) is 52.0 cm³/mol. The van der Waals surface area contributed by atoms with Gasteiger partial charge in [0.2, 0.25) is 0 Å². The maximum Gasteiger partial charge on any atom is 0.0512 e. The summed E-state index contributed by atoms with van der Waals surface area (Å²) in [6.45, 7) is 6.60. The molecule has 2 atom stereocenters. The molecular formula is C11H22O. The van der Waals surface area contributed by atoms with Gasteiger partial charge in [-0.15, -0.1) is 0 Å². The first kappa shape index (κ1) is 10.0. The largest absolute Gasteiger partial charge is 0.393 e. The highest BCUT2D eigenvalue weighted by Gasteiger charge is 2.30. The molecule has 1 rings (SSSR count). The molecule has 0 heterocycles. The van der Waals surface area contributed by atoms with Gasteiger partial charge in [-0.3, -0.25) is 0 Å². The SMILES string of the molecule is CC(O)CCC1CCC(C)(C)C1. The lowest BCUT2D eigenvalue weighted by Crippen LogP contribution is -2.07. The molecule has 0 aromatic rings. The second-order valence-corrected chi connectivity index (χ2v) is 5.20. The highest BCUT2D eigenvalue weighted by Crippen LogP contribution is 2.42. The van der Waals surface area contributed by atoms with Crippen LogP contribution in [0.3, 0.4) is 0 Å². The fourth-order valence-electron chi connectivity index (χ4n) is 2.30. The van der Waals surface area contributed by atoms with E-state index in [9.17, 15) is 0 Å². The van der Waals surface area contributed by atoms with Crippen LogP contribution in [0.25, 0.3) is 0 Å². The molecule has 1 nitrogen and oxygen atoms in total. The van der Waals surface area contributed by atoms with E-state index in [1.807, 2.05) is 6.92 Å². The maximum absolute atomic E-state index is 9.14. The van der Waals surface area contributed by atoms with Gasteiger partial charge in [0.05, 0.1) is 6.10 Å². The van der Waals surface area contributed by atoms with Crippen molar-refractivity contribution in [1.29, 1.82) is 0 Å². The Bertz CT molecular complexity index is 138. The average Bonchev–Trinajstić information content (AvgIpc) is 2.26. The molecular weight excluding hydrogens is 148 g/mol. The zero-order valence-corrected chi connectivity index (χ0v) is 8.64. The molecule has 72 valence electrons. The third-order valence-corrected chi connectivity index (χ3v) is 3.06. The third-order valence-electron chi connectivity index (χ3n) is 3.06. The van der Waals surface area contributed by atoms with Crippen LogP contribution in [0.4, 0.5) is 0 Å². The second-order valence-electron chi connectivity index (χ2n) is 5.20. The molecule has 1 heteroatoms. The predicted octanol–water partition coefficient (Wildman–Crippen LogP) is 2.97. The fraction of sp³-hybridized carbons (Fsp3) is 1.00. The molecule has 12 heavy (non-hydrogen) atoms. The Morgan fingerprint density at radius 2 is 2.17 bits per heavy atom. The van der Waals surface area contributed by atoms with Gasteiger partial charge in [-0.25, -0.2) is 0 Å². The lowest BCUT2D eigenvalue weighted by molar-refractivity contribution is 0.172. The number of hydrogen-bond donors (Lipinski definition) is 1. The summed E-state index contributed by atoms with van der Waals surface area (Å²) in [4.78, 5) is 0. The zero-order valence-electron chi connectivity index (χ0n) is 8.64. The molecule has 0 radical (unpaired) electrons. The normalized spacial score (nSPS) is 30.5. The van der Waals surface area contributed by atoms with E-state index in [-0.39, 0.29) is 6.10 Å². The summed E-state index contributed by atoms with van der Waals surface area (Å²) in [6.07, 6.45) is 6.22. The molecule has 1 aliphatic rings. The van der Waals surface area contributed by atoms with Crippen molar-refractivity contribution in [3.63, 3.8) is 0 Å². The first-order chi connectivity index (χ1) is 5.49. The first-order valence-electron chi connectivity index (χ1n) is 5.18. The van der Waals surface area contributed by atoms with Gasteiger partial charge < -0.3 is 5.11 Å². The quantitative estimate of drug-likeness (QED) is 0.690. The van der Waals surface area contributed by atoms with Gasteiger partial charge in [0, 0.05) is 0 Å². The Labute approximate surface area is 76.2 Å². The van der Waals surface area contributed by atoms with Crippen LogP contribution in [0.2, 0.25) is 0 Å². The van der Waals surface area contributed by atoms with Crippen molar-refractivity contribution in [3.8, 4) is 0 Å². The number of aliphatic hydroxyl groups excluding tert-OH is 1. The van der Waals surface area contributed by atoms with Crippen molar-refractivity contribution < 1.29 is 5.11 Å². The number of hydrogen-bond acceptors (Lipinski definition) is 1. The van der Waals surface area contributed by atoms with Gasteiger partial charge in [-0.2, -0.15) is 0 Å². The van der Waals surface area contributed by atoms with Crippen LogP contribution in [0.1, 0.15) is 52.9 Å². The van der Waals surface area contributed by atoms with E-state index in [4.69, 9.17) is 5.11 Å². The zero-order chi connectivity index (χ0) is 9.19. The van der Waals surface area contributed by atoms with Crippen LogP contribution in [-0.4, -0.2) is 11.2 Å². The van der Waals surface area contributed by atoms with Crippen LogP contribution < -0.4 is 0 Å². The fourth-order valence-corrected chi connectivity index (χ4v) is 2.30. The van der Waals surface area contributed by atoms with Gasteiger partial charge >= 0.3 is 0 Å². The van der Waals surface area contributed by atoms with Gasteiger partial charge in [0.15, 0.2) is 0 Å². The molecule has 1 aliphatic carbocycles. The van der Waals surface area contributed by atoms with Gasteiger partial charge in [0.25, 0.3) is 0 Å². The van der Waals surface area contributed by atoms with E-state index in [0.717, 1.165) is 12.3 Å². The van der Waals surface area contributed by atoms with Gasteiger partial charge in [-0.1, -0.05) is 13.8 Å². The Morgan fingerprint density at radius 1 is 1.50 bits per heavy atom. The molecule has 2 unspecified atom stereocenters. The Kier molecular flexibility index (Phi) is 3.16. The van der Waals surface area contributed by atoms with Crippen molar-refractivity contribution in [2.75, 3.05) is 0 Å². The third kappa shape index (κ3) is 3.14. The molecule has 0 aromatic heterocycles. The minimum absolute atomic E-state index is 0.103. The highest BCUT2D eigenvalue weighted by atomic mass is 16.3. The molecule has 0 aliphatic heterocycles. The molecule has 0 aromatic carbocycles. The van der Waals surface area contributed by atoms with E-state index in [0.29, 0.717) is 5.41 Å². The Hall–Kier alpha value is -0.0400. The van der Waals surface area contributed by atoms with Crippen LogP contribution in [-0.2, 0) is 0 Å². The van der Waals surface area contributed by atoms with Crippen molar-refractivity contribution >= 4 is 0 Å². The summed E-state index contributed by atoms with van der Waals surface area (Å²) in [5.41, 5.74) is 0.573. The summed E-state index contributed by atoms with van der Waals surface area (Å²) in [5.74, 6) is 0.884. The molecule has 1 fully saturated rings. The van der Waals surface area contributed by atoms with E-state index in [2.05, 4.69) is 13.8 Å². The summed E-state index contributed by atoms with van der Waals surface area (Å²) in [7, 11) is 0. The highest BCUT2D eigenvalue weighted by molar-refractivity contribution is 4.82. The lowest BCUT2D eigenvalue weighted by atomic mass is 9.89. The summed E-state index contributed by atoms with van der Waals surface area (Å²) >= 11 is 0. The van der Waals surface area contributed by atoms with Crippen molar-refractivity contribution in [3.05, 3.63) is 0 Å². The molecule has 0 bridgehead atoms. The van der Waals surface area contributed by atoms with Crippen LogP contribution >= 0.6 is 0 Å². The molecule has 0 amide bonds. The number of aliphatic hydroxyl groups is 1. The summed E-state index contributed by atoms with van der Waals surface area (Å²) < 4.78 is 0. The molecule has 1 N–H and O–H groups in total. The van der Waals surface area contributed by atoms with Gasteiger partial charge in [0.1, 0.15) is 0 Å². The standard InChI is InChI=1S/C11H22O/c1-9(12)4-5-10-6-7-11(2,3)8-10/h9-10,12H,4-8H2,1-3H3. The molecule has 1 saturated carbocycles. The Balaban J connectivity index is 2.20. The van der Waals surface area contributed by atoms with E-state index >= 15 is 0 Å². The van der Waals surface area contributed by atoms with Crippen LogP contribution in [0.15, 0.2) is 0 Å². The second kappa shape index (κ2) is 3.78.